The van der Waals surface area contributed by atoms with Crippen molar-refractivity contribution in [1.82, 2.24) is 4.98 Å². The van der Waals surface area contributed by atoms with Gasteiger partial charge in [0, 0.05) is 32.0 Å². The van der Waals surface area contributed by atoms with E-state index in [9.17, 15) is 5.11 Å². The molecule has 2 rings (SSSR count). The lowest BCUT2D eigenvalue weighted by molar-refractivity contribution is 0.476. The summed E-state index contributed by atoms with van der Waals surface area (Å²) in [6, 6.07) is 8.82. The third-order valence-corrected chi connectivity index (χ3v) is 2.39. The molecule has 5 nitrogen and oxygen atoms in total. The van der Waals surface area contributed by atoms with Crippen molar-refractivity contribution in [2.24, 2.45) is 10.2 Å². The van der Waals surface area contributed by atoms with Crippen LogP contribution in [0.4, 0.5) is 17.1 Å². The fraction of sp³-hybridized carbons (Fsp3) is 0.154. The number of nitrogens with zero attached hydrogens (tertiary/aromatic N) is 4. The SMILES string of the molecule is CN(C)c1ccc(N=Nc2cccnc2)c(O)c1. The number of aromatic nitrogens is 1. The smallest absolute Gasteiger partial charge is 0.145 e. The van der Waals surface area contributed by atoms with Crippen LogP contribution in [0.5, 0.6) is 5.75 Å². The van der Waals surface area contributed by atoms with E-state index in [0.717, 1.165) is 5.69 Å². The molecule has 5 heteroatoms. The van der Waals surface area contributed by atoms with Crippen molar-refractivity contribution in [1.29, 1.82) is 0 Å². The summed E-state index contributed by atoms with van der Waals surface area (Å²) in [5.41, 5.74) is 1.99. The van der Waals surface area contributed by atoms with Crippen LogP contribution in [-0.2, 0) is 0 Å². The second-order valence-electron chi connectivity index (χ2n) is 3.98. The van der Waals surface area contributed by atoms with Crippen molar-refractivity contribution >= 4 is 17.1 Å². The minimum atomic E-state index is 0.105. The zero-order chi connectivity index (χ0) is 13.0. The lowest BCUT2D eigenvalue weighted by Crippen LogP contribution is -2.07. The number of phenols is 1. The average molecular weight is 242 g/mol. The molecule has 0 amide bonds. The van der Waals surface area contributed by atoms with Gasteiger partial charge in [0.25, 0.3) is 0 Å². The molecule has 0 saturated carbocycles. The van der Waals surface area contributed by atoms with Gasteiger partial charge in [-0.15, -0.1) is 10.2 Å². The van der Waals surface area contributed by atoms with Crippen LogP contribution in [0.2, 0.25) is 0 Å². The molecule has 1 aromatic heterocycles. The summed E-state index contributed by atoms with van der Waals surface area (Å²) in [5, 5.41) is 17.8. The quantitative estimate of drug-likeness (QED) is 0.840. The largest absolute Gasteiger partial charge is 0.506 e. The Morgan fingerprint density at radius 2 is 2.00 bits per heavy atom. The number of rotatable bonds is 3. The molecule has 0 fully saturated rings. The molecule has 0 aliphatic carbocycles. The van der Waals surface area contributed by atoms with Crippen molar-refractivity contribution in [3.8, 4) is 5.75 Å². The van der Waals surface area contributed by atoms with Gasteiger partial charge < -0.3 is 10.0 Å². The molecule has 92 valence electrons. The average Bonchev–Trinajstić information content (AvgIpc) is 2.38. The number of benzene rings is 1. The van der Waals surface area contributed by atoms with E-state index in [-0.39, 0.29) is 5.75 Å². The zero-order valence-corrected chi connectivity index (χ0v) is 10.3. The van der Waals surface area contributed by atoms with Gasteiger partial charge in [-0.2, -0.15) is 0 Å². The van der Waals surface area contributed by atoms with Crippen LogP contribution < -0.4 is 4.90 Å². The van der Waals surface area contributed by atoms with Crippen LogP contribution in [0.3, 0.4) is 0 Å². The van der Waals surface area contributed by atoms with Gasteiger partial charge in [0.05, 0.1) is 6.20 Å². The van der Waals surface area contributed by atoms with Gasteiger partial charge in [0.2, 0.25) is 0 Å². The molecule has 18 heavy (non-hydrogen) atoms. The van der Waals surface area contributed by atoms with Crippen molar-refractivity contribution in [3.63, 3.8) is 0 Å². The summed E-state index contributed by atoms with van der Waals surface area (Å²) < 4.78 is 0. The molecule has 1 aromatic carbocycles. The van der Waals surface area contributed by atoms with Gasteiger partial charge in [-0.3, -0.25) is 4.98 Å². The minimum Gasteiger partial charge on any atom is -0.506 e. The number of anilines is 1. The van der Waals surface area contributed by atoms with Crippen molar-refractivity contribution in [3.05, 3.63) is 42.7 Å². The summed E-state index contributed by atoms with van der Waals surface area (Å²) in [6.45, 7) is 0. The second kappa shape index (κ2) is 5.27. The first kappa shape index (κ1) is 12.0. The van der Waals surface area contributed by atoms with E-state index in [1.807, 2.05) is 25.1 Å². The van der Waals surface area contributed by atoms with Crippen molar-refractivity contribution in [2.75, 3.05) is 19.0 Å². The number of aromatic hydroxyl groups is 1. The minimum absolute atomic E-state index is 0.105. The van der Waals surface area contributed by atoms with Crippen molar-refractivity contribution in [2.45, 2.75) is 0 Å². The topological polar surface area (TPSA) is 61.1 Å². The predicted molar refractivity (Wildman–Crippen MR) is 70.8 cm³/mol. The normalized spacial score (nSPS) is 10.8. The number of azo groups is 1. The van der Waals surface area contributed by atoms with Gasteiger partial charge in [0.1, 0.15) is 17.1 Å². The van der Waals surface area contributed by atoms with E-state index < -0.39 is 0 Å². The molecule has 0 aliphatic heterocycles. The molecular weight excluding hydrogens is 228 g/mol. The molecule has 0 saturated heterocycles. The molecule has 0 aliphatic rings. The number of hydrogen-bond donors (Lipinski definition) is 1. The van der Waals surface area contributed by atoms with Gasteiger partial charge in [-0.1, -0.05) is 0 Å². The van der Waals surface area contributed by atoms with Crippen LogP contribution in [0, 0.1) is 0 Å². The van der Waals surface area contributed by atoms with Gasteiger partial charge >= 0.3 is 0 Å². The molecule has 1 heterocycles. The van der Waals surface area contributed by atoms with Crippen LogP contribution in [0.25, 0.3) is 0 Å². The molecule has 1 N–H and O–H groups in total. The number of pyridine rings is 1. The number of hydrogen-bond acceptors (Lipinski definition) is 5. The third kappa shape index (κ3) is 2.82. The van der Waals surface area contributed by atoms with E-state index >= 15 is 0 Å². The predicted octanol–water partition coefficient (Wildman–Crippen LogP) is 3.27. The first-order valence-corrected chi connectivity index (χ1v) is 5.49. The van der Waals surface area contributed by atoms with E-state index in [0.29, 0.717) is 11.4 Å². The third-order valence-electron chi connectivity index (χ3n) is 2.39. The first-order chi connectivity index (χ1) is 8.66. The summed E-state index contributed by atoms with van der Waals surface area (Å²) in [5.74, 6) is 0.105. The summed E-state index contributed by atoms with van der Waals surface area (Å²) >= 11 is 0. The molecule has 0 spiro atoms. The van der Waals surface area contributed by atoms with E-state index in [1.54, 1.807) is 36.7 Å². The Hall–Kier alpha value is -2.43. The van der Waals surface area contributed by atoms with Crippen LogP contribution in [0.15, 0.2) is 53.0 Å². The summed E-state index contributed by atoms with van der Waals surface area (Å²) in [4.78, 5) is 5.84. The lowest BCUT2D eigenvalue weighted by atomic mass is 10.2. The lowest BCUT2D eigenvalue weighted by Gasteiger charge is -2.12. The summed E-state index contributed by atoms with van der Waals surface area (Å²) in [7, 11) is 3.82. The van der Waals surface area contributed by atoms with Gasteiger partial charge in [-0.25, -0.2) is 0 Å². The Morgan fingerprint density at radius 1 is 1.17 bits per heavy atom. The first-order valence-electron chi connectivity index (χ1n) is 5.49. The molecule has 0 radical (unpaired) electrons. The standard InChI is InChI=1S/C13H14N4O/c1-17(2)11-5-6-12(13(18)8-11)16-15-10-4-3-7-14-9-10/h3-9,18H,1-2H3. The molecule has 2 aromatic rings. The highest BCUT2D eigenvalue weighted by molar-refractivity contribution is 5.60. The Kier molecular flexibility index (Phi) is 3.52. The monoisotopic (exact) mass is 242 g/mol. The van der Waals surface area contributed by atoms with Crippen LogP contribution in [-0.4, -0.2) is 24.2 Å². The highest BCUT2D eigenvalue weighted by Crippen LogP contribution is 2.31. The Balaban J connectivity index is 2.22. The Labute approximate surface area is 105 Å². The highest BCUT2D eigenvalue weighted by Gasteiger charge is 2.02. The summed E-state index contributed by atoms with van der Waals surface area (Å²) in [6.07, 6.45) is 3.27. The second-order valence-corrected chi connectivity index (χ2v) is 3.98. The molecule has 0 unspecified atom stereocenters. The fourth-order valence-corrected chi connectivity index (χ4v) is 1.40. The highest BCUT2D eigenvalue weighted by atomic mass is 16.3. The van der Waals surface area contributed by atoms with Crippen LogP contribution in [0.1, 0.15) is 0 Å². The van der Waals surface area contributed by atoms with Gasteiger partial charge in [0.15, 0.2) is 0 Å². The van der Waals surface area contributed by atoms with Crippen LogP contribution >= 0.6 is 0 Å². The van der Waals surface area contributed by atoms with Gasteiger partial charge in [-0.05, 0) is 24.3 Å². The van der Waals surface area contributed by atoms with E-state index in [1.165, 1.54) is 0 Å². The van der Waals surface area contributed by atoms with E-state index in [4.69, 9.17) is 0 Å². The maximum Gasteiger partial charge on any atom is 0.145 e. The van der Waals surface area contributed by atoms with Crippen molar-refractivity contribution < 1.29 is 5.11 Å². The Bertz CT molecular complexity index is 552. The molecule has 0 bridgehead atoms. The van der Waals surface area contributed by atoms with E-state index in [2.05, 4.69) is 15.2 Å². The maximum atomic E-state index is 9.82. The Morgan fingerprint density at radius 3 is 2.61 bits per heavy atom. The fourth-order valence-electron chi connectivity index (χ4n) is 1.40. The maximum absolute atomic E-state index is 9.82. The molecular formula is C13H14N4O. The zero-order valence-electron chi connectivity index (χ0n) is 10.3. The molecule has 0 atom stereocenters. The number of phenolic OH excluding ortho intramolecular Hbond substituents is 1.